The lowest BCUT2D eigenvalue weighted by Crippen LogP contribution is -2.57. The normalized spacial score (nSPS) is 22.4. The van der Waals surface area contributed by atoms with Gasteiger partial charge in [-0.1, -0.05) is 19.8 Å². The molecule has 1 unspecified atom stereocenters. The molecule has 0 aromatic heterocycles. The van der Waals surface area contributed by atoms with Crippen molar-refractivity contribution in [2.24, 2.45) is 0 Å². The minimum Gasteiger partial charge on any atom is -0.394 e. The van der Waals surface area contributed by atoms with Crippen molar-refractivity contribution in [3.63, 3.8) is 0 Å². The molecular formula is C13H26N2O2. The molecule has 0 radical (unpaired) electrons. The lowest BCUT2D eigenvalue weighted by atomic mass is 10.0. The van der Waals surface area contributed by atoms with Gasteiger partial charge in [-0.3, -0.25) is 4.79 Å². The van der Waals surface area contributed by atoms with E-state index in [4.69, 9.17) is 0 Å². The number of hydrogen-bond donors (Lipinski definition) is 2. The second-order valence-electron chi connectivity index (χ2n) is 5.34. The molecule has 1 fully saturated rings. The molecule has 2 N–H and O–H groups in total. The van der Waals surface area contributed by atoms with Crippen LogP contribution in [-0.2, 0) is 4.79 Å². The SMILES string of the molecule is CCNC(C)(C)C(=O)N1CCCCCC1CO. The number of likely N-dealkylation sites (tertiary alicyclic amines) is 1. The first-order valence-corrected chi connectivity index (χ1v) is 6.70. The number of amides is 1. The smallest absolute Gasteiger partial charge is 0.242 e. The summed E-state index contributed by atoms with van der Waals surface area (Å²) < 4.78 is 0. The molecule has 0 aromatic carbocycles. The summed E-state index contributed by atoms with van der Waals surface area (Å²) in [4.78, 5) is 14.4. The minimum absolute atomic E-state index is 0.00271. The summed E-state index contributed by atoms with van der Waals surface area (Å²) in [6, 6.07) is 0.00271. The average molecular weight is 242 g/mol. The minimum atomic E-state index is -0.535. The molecule has 17 heavy (non-hydrogen) atoms. The Morgan fingerprint density at radius 2 is 2.12 bits per heavy atom. The monoisotopic (exact) mass is 242 g/mol. The number of hydrogen-bond acceptors (Lipinski definition) is 3. The fourth-order valence-corrected chi connectivity index (χ4v) is 2.51. The Labute approximate surface area is 104 Å². The number of carbonyl (C=O) groups is 1. The van der Waals surface area contributed by atoms with Gasteiger partial charge in [0.15, 0.2) is 0 Å². The van der Waals surface area contributed by atoms with Gasteiger partial charge in [-0.25, -0.2) is 0 Å². The predicted octanol–water partition coefficient (Wildman–Crippen LogP) is 1.14. The standard InChI is InChI=1S/C13H26N2O2/c1-4-14-13(2,3)12(17)15-9-7-5-6-8-11(15)10-16/h11,14,16H,4-10H2,1-3H3. The van der Waals surface area contributed by atoms with Gasteiger partial charge < -0.3 is 15.3 Å². The van der Waals surface area contributed by atoms with E-state index in [1.165, 1.54) is 0 Å². The van der Waals surface area contributed by atoms with Gasteiger partial charge in [0.1, 0.15) is 0 Å². The highest BCUT2D eigenvalue weighted by atomic mass is 16.3. The molecule has 1 amide bonds. The molecule has 4 heteroatoms. The van der Waals surface area contributed by atoms with E-state index in [0.29, 0.717) is 0 Å². The first kappa shape index (κ1) is 14.5. The summed E-state index contributed by atoms with van der Waals surface area (Å²) in [6.45, 7) is 7.46. The molecule has 1 atom stereocenters. The molecule has 4 nitrogen and oxygen atoms in total. The molecule has 1 saturated heterocycles. The molecule has 0 aliphatic carbocycles. The van der Waals surface area contributed by atoms with Crippen LogP contribution in [0.15, 0.2) is 0 Å². The molecule has 1 heterocycles. The summed E-state index contributed by atoms with van der Waals surface area (Å²) in [5.74, 6) is 0.111. The van der Waals surface area contributed by atoms with Crippen LogP contribution in [0.25, 0.3) is 0 Å². The maximum absolute atomic E-state index is 12.5. The summed E-state index contributed by atoms with van der Waals surface area (Å²) in [6.07, 6.45) is 4.23. The van der Waals surface area contributed by atoms with Crippen molar-refractivity contribution in [3.05, 3.63) is 0 Å². The van der Waals surface area contributed by atoms with Crippen LogP contribution < -0.4 is 5.32 Å². The predicted molar refractivity (Wildman–Crippen MR) is 68.8 cm³/mol. The molecule has 1 aliphatic heterocycles. The fraction of sp³-hybridized carbons (Fsp3) is 0.923. The Morgan fingerprint density at radius 1 is 1.41 bits per heavy atom. The highest BCUT2D eigenvalue weighted by Gasteiger charge is 2.34. The number of likely N-dealkylation sites (N-methyl/N-ethyl adjacent to an activating group) is 1. The van der Waals surface area contributed by atoms with E-state index in [9.17, 15) is 9.90 Å². The Bertz CT molecular complexity index is 254. The van der Waals surface area contributed by atoms with Gasteiger partial charge in [-0.05, 0) is 33.2 Å². The largest absolute Gasteiger partial charge is 0.394 e. The molecule has 0 bridgehead atoms. The lowest BCUT2D eigenvalue weighted by Gasteiger charge is -2.36. The van der Waals surface area contributed by atoms with E-state index in [0.717, 1.165) is 38.8 Å². The van der Waals surface area contributed by atoms with Crippen molar-refractivity contribution in [2.75, 3.05) is 19.7 Å². The van der Waals surface area contributed by atoms with Gasteiger partial charge in [0.25, 0.3) is 0 Å². The summed E-state index contributed by atoms with van der Waals surface area (Å²) in [7, 11) is 0. The lowest BCUT2D eigenvalue weighted by molar-refractivity contribution is -0.140. The van der Waals surface area contributed by atoms with Crippen LogP contribution in [0.5, 0.6) is 0 Å². The first-order chi connectivity index (χ1) is 8.03. The molecule has 1 rings (SSSR count). The highest BCUT2D eigenvalue weighted by Crippen LogP contribution is 2.20. The zero-order valence-electron chi connectivity index (χ0n) is 11.3. The van der Waals surface area contributed by atoms with Crippen LogP contribution in [0, 0.1) is 0 Å². The van der Waals surface area contributed by atoms with Crippen LogP contribution in [-0.4, -0.2) is 47.2 Å². The topological polar surface area (TPSA) is 52.6 Å². The van der Waals surface area contributed by atoms with Crippen LogP contribution >= 0.6 is 0 Å². The van der Waals surface area contributed by atoms with Gasteiger partial charge in [0, 0.05) is 6.54 Å². The number of aliphatic hydroxyl groups excluding tert-OH is 1. The van der Waals surface area contributed by atoms with Crippen molar-refractivity contribution in [2.45, 2.75) is 58.0 Å². The Morgan fingerprint density at radius 3 is 2.71 bits per heavy atom. The van der Waals surface area contributed by atoms with Crippen molar-refractivity contribution >= 4 is 5.91 Å². The quantitative estimate of drug-likeness (QED) is 0.777. The molecule has 0 aromatic rings. The number of rotatable bonds is 4. The van der Waals surface area contributed by atoms with Crippen LogP contribution in [0.4, 0.5) is 0 Å². The summed E-state index contributed by atoms with van der Waals surface area (Å²) in [5.41, 5.74) is -0.535. The van der Waals surface area contributed by atoms with E-state index >= 15 is 0 Å². The zero-order chi connectivity index (χ0) is 12.9. The Balaban J connectivity index is 2.76. The molecular weight excluding hydrogens is 216 g/mol. The molecule has 0 spiro atoms. The van der Waals surface area contributed by atoms with E-state index in [1.807, 2.05) is 25.7 Å². The number of aliphatic hydroxyl groups is 1. The Hall–Kier alpha value is -0.610. The number of nitrogens with one attached hydrogen (secondary N) is 1. The van der Waals surface area contributed by atoms with Crippen molar-refractivity contribution < 1.29 is 9.90 Å². The second-order valence-corrected chi connectivity index (χ2v) is 5.34. The van der Waals surface area contributed by atoms with Crippen molar-refractivity contribution in [1.29, 1.82) is 0 Å². The van der Waals surface area contributed by atoms with Crippen molar-refractivity contribution in [3.8, 4) is 0 Å². The third-order valence-corrected chi connectivity index (χ3v) is 3.50. The number of nitrogens with zero attached hydrogens (tertiary/aromatic N) is 1. The average Bonchev–Trinajstić information content (AvgIpc) is 2.52. The summed E-state index contributed by atoms with van der Waals surface area (Å²) >= 11 is 0. The van der Waals surface area contributed by atoms with Gasteiger partial charge in [0.2, 0.25) is 5.91 Å². The van der Waals surface area contributed by atoms with Gasteiger partial charge >= 0.3 is 0 Å². The van der Waals surface area contributed by atoms with E-state index < -0.39 is 5.54 Å². The van der Waals surface area contributed by atoms with Crippen molar-refractivity contribution in [1.82, 2.24) is 10.2 Å². The number of carbonyl (C=O) groups excluding carboxylic acids is 1. The summed E-state index contributed by atoms with van der Waals surface area (Å²) in [5, 5.41) is 12.6. The molecule has 1 aliphatic rings. The molecule has 100 valence electrons. The highest BCUT2D eigenvalue weighted by molar-refractivity contribution is 5.85. The van der Waals surface area contributed by atoms with Crippen LogP contribution in [0.3, 0.4) is 0 Å². The van der Waals surface area contributed by atoms with Gasteiger partial charge in [0.05, 0.1) is 18.2 Å². The van der Waals surface area contributed by atoms with E-state index in [2.05, 4.69) is 5.32 Å². The van der Waals surface area contributed by atoms with Gasteiger partial charge in [-0.15, -0.1) is 0 Å². The van der Waals surface area contributed by atoms with Crippen LogP contribution in [0.1, 0.15) is 46.5 Å². The molecule has 0 saturated carbocycles. The maximum Gasteiger partial charge on any atom is 0.242 e. The fourth-order valence-electron chi connectivity index (χ4n) is 2.51. The first-order valence-electron chi connectivity index (χ1n) is 6.70. The van der Waals surface area contributed by atoms with Gasteiger partial charge in [-0.2, -0.15) is 0 Å². The second kappa shape index (κ2) is 6.36. The zero-order valence-corrected chi connectivity index (χ0v) is 11.3. The van der Waals surface area contributed by atoms with Crippen LogP contribution in [0.2, 0.25) is 0 Å². The maximum atomic E-state index is 12.5. The Kier molecular flexibility index (Phi) is 5.40. The third-order valence-electron chi connectivity index (χ3n) is 3.50. The van der Waals surface area contributed by atoms with E-state index in [1.54, 1.807) is 0 Å². The third kappa shape index (κ3) is 3.68. The van der Waals surface area contributed by atoms with E-state index in [-0.39, 0.29) is 18.6 Å².